The van der Waals surface area contributed by atoms with Gasteiger partial charge in [-0.25, -0.2) is 4.39 Å². The number of carbonyl (C=O) groups is 1. The molecule has 20 heavy (non-hydrogen) atoms. The van der Waals surface area contributed by atoms with E-state index in [0.29, 0.717) is 26.1 Å². The highest BCUT2D eigenvalue weighted by molar-refractivity contribution is 5.97. The SMILES string of the molecule is COc1cccc(F)c1C(=O)NCC1(O)CCOCC1. The Morgan fingerprint density at radius 2 is 2.20 bits per heavy atom. The van der Waals surface area contributed by atoms with Crippen molar-refractivity contribution < 1.29 is 23.8 Å². The largest absolute Gasteiger partial charge is 0.496 e. The number of carbonyl (C=O) groups excluding carboxylic acids is 1. The molecule has 0 spiro atoms. The second kappa shape index (κ2) is 6.19. The minimum Gasteiger partial charge on any atom is -0.496 e. The molecule has 1 fully saturated rings. The fraction of sp³-hybridized carbons (Fsp3) is 0.500. The van der Waals surface area contributed by atoms with Crippen molar-refractivity contribution in [3.63, 3.8) is 0 Å². The first-order chi connectivity index (χ1) is 9.56. The highest BCUT2D eigenvalue weighted by atomic mass is 19.1. The molecular formula is C14H18FNO4. The minimum absolute atomic E-state index is 0.0622. The van der Waals surface area contributed by atoms with Crippen molar-refractivity contribution in [2.24, 2.45) is 0 Å². The van der Waals surface area contributed by atoms with Gasteiger partial charge >= 0.3 is 0 Å². The fourth-order valence-corrected chi connectivity index (χ4v) is 2.16. The highest BCUT2D eigenvalue weighted by Gasteiger charge is 2.31. The summed E-state index contributed by atoms with van der Waals surface area (Å²) in [4.78, 5) is 12.1. The molecule has 0 radical (unpaired) electrons. The molecule has 1 aromatic rings. The molecule has 1 heterocycles. The Bertz CT molecular complexity index is 486. The molecule has 1 aliphatic heterocycles. The van der Waals surface area contributed by atoms with Crippen molar-refractivity contribution in [3.05, 3.63) is 29.6 Å². The molecule has 0 aliphatic carbocycles. The predicted octanol–water partition coefficient (Wildman–Crippen LogP) is 1.11. The lowest BCUT2D eigenvalue weighted by molar-refractivity contribution is -0.0605. The van der Waals surface area contributed by atoms with Crippen LogP contribution in [0.2, 0.25) is 0 Å². The number of hydrogen-bond acceptors (Lipinski definition) is 4. The number of amides is 1. The molecule has 0 atom stereocenters. The van der Waals surface area contributed by atoms with Crippen LogP contribution in [0, 0.1) is 5.82 Å². The van der Waals surface area contributed by atoms with E-state index in [0.717, 1.165) is 0 Å². The quantitative estimate of drug-likeness (QED) is 0.868. The average Bonchev–Trinajstić information content (AvgIpc) is 2.45. The van der Waals surface area contributed by atoms with Gasteiger partial charge in [-0.05, 0) is 12.1 Å². The number of hydrogen-bond donors (Lipinski definition) is 2. The molecule has 2 rings (SSSR count). The molecule has 1 aromatic carbocycles. The molecule has 0 saturated carbocycles. The Morgan fingerprint density at radius 1 is 1.50 bits per heavy atom. The van der Waals surface area contributed by atoms with E-state index in [9.17, 15) is 14.3 Å². The van der Waals surface area contributed by atoms with E-state index in [4.69, 9.17) is 9.47 Å². The van der Waals surface area contributed by atoms with Crippen LogP contribution in [-0.2, 0) is 4.74 Å². The molecule has 0 bridgehead atoms. The van der Waals surface area contributed by atoms with Crippen LogP contribution in [0.4, 0.5) is 4.39 Å². The van der Waals surface area contributed by atoms with Crippen molar-refractivity contribution in [1.82, 2.24) is 5.32 Å². The van der Waals surface area contributed by atoms with Gasteiger partial charge in [0.15, 0.2) is 0 Å². The number of rotatable bonds is 4. The first-order valence-corrected chi connectivity index (χ1v) is 6.46. The fourth-order valence-electron chi connectivity index (χ4n) is 2.16. The maximum atomic E-state index is 13.7. The van der Waals surface area contributed by atoms with Crippen LogP contribution in [0.5, 0.6) is 5.75 Å². The highest BCUT2D eigenvalue weighted by Crippen LogP contribution is 2.22. The molecule has 5 nitrogen and oxygen atoms in total. The molecule has 1 aliphatic rings. The Kier molecular flexibility index (Phi) is 4.57. The first-order valence-electron chi connectivity index (χ1n) is 6.46. The number of methoxy groups -OCH3 is 1. The summed E-state index contributed by atoms with van der Waals surface area (Å²) in [5.74, 6) is -1.08. The van der Waals surface area contributed by atoms with E-state index in [1.165, 1.54) is 25.3 Å². The zero-order chi connectivity index (χ0) is 14.6. The van der Waals surface area contributed by atoms with Crippen LogP contribution in [0.3, 0.4) is 0 Å². The van der Waals surface area contributed by atoms with E-state index in [1.807, 2.05) is 0 Å². The summed E-state index contributed by atoms with van der Waals surface area (Å²) in [7, 11) is 1.37. The Labute approximate surface area is 116 Å². The maximum absolute atomic E-state index is 13.7. The number of ether oxygens (including phenoxy) is 2. The zero-order valence-corrected chi connectivity index (χ0v) is 11.3. The molecule has 2 N–H and O–H groups in total. The average molecular weight is 283 g/mol. The Balaban J connectivity index is 2.05. The molecular weight excluding hydrogens is 265 g/mol. The van der Waals surface area contributed by atoms with Gasteiger partial charge in [-0.1, -0.05) is 6.07 Å². The lowest BCUT2D eigenvalue weighted by Crippen LogP contribution is -2.46. The third-order valence-electron chi connectivity index (χ3n) is 3.42. The summed E-state index contributed by atoms with van der Waals surface area (Å²) in [5, 5.41) is 12.8. The van der Waals surface area contributed by atoms with Gasteiger partial charge < -0.3 is 19.9 Å². The van der Waals surface area contributed by atoms with Gasteiger partial charge in [0.25, 0.3) is 5.91 Å². The van der Waals surface area contributed by atoms with Crippen molar-refractivity contribution >= 4 is 5.91 Å². The summed E-state index contributed by atoms with van der Waals surface area (Å²) in [6.45, 7) is 0.970. The Hall–Kier alpha value is -1.66. The lowest BCUT2D eigenvalue weighted by atomic mass is 9.94. The Morgan fingerprint density at radius 3 is 2.85 bits per heavy atom. The third kappa shape index (κ3) is 3.26. The van der Waals surface area contributed by atoms with E-state index < -0.39 is 17.3 Å². The van der Waals surface area contributed by atoms with Crippen molar-refractivity contribution in [2.45, 2.75) is 18.4 Å². The van der Waals surface area contributed by atoms with E-state index in [-0.39, 0.29) is 17.9 Å². The molecule has 0 aromatic heterocycles. The van der Waals surface area contributed by atoms with Gasteiger partial charge in [0.05, 0.1) is 12.7 Å². The van der Waals surface area contributed by atoms with Gasteiger partial charge in [0.2, 0.25) is 0 Å². The normalized spacial score (nSPS) is 17.6. The van der Waals surface area contributed by atoms with E-state index in [2.05, 4.69) is 5.32 Å². The molecule has 1 saturated heterocycles. The topological polar surface area (TPSA) is 67.8 Å². The predicted molar refractivity (Wildman–Crippen MR) is 70.3 cm³/mol. The number of benzene rings is 1. The minimum atomic E-state index is -0.994. The smallest absolute Gasteiger partial charge is 0.258 e. The van der Waals surface area contributed by atoms with Crippen molar-refractivity contribution in [3.8, 4) is 5.75 Å². The summed E-state index contributed by atoms with van der Waals surface area (Å²) >= 11 is 0. The van der Waals surface area contributed by atoms with Crippen LogP contribution in [0.15, 0.2) is 18.2 Å². The standard InChI is InChI=1S/C14H18FNO4/c1-19-11-4-2-3-10(15)12(11)13(17)16-9-14(18)5-7-20-8-6-14/h2-4,18H,5-9H2,1H3,(H,16,17). The zero-order valence-electron chi connectivity index (χ0n) is 11.3. The van der Waals surface area contributed by atoms with Crippen LogP contribution >= 0.6 is 0 Å². The number of aliphatic hydroxyl groups is 1. The molecule has 0 unspecified atom stereocenters. The van der Waals surface area contributed by atoms with Crippen molar-refractivity contribution in [2.75, 3.05) is 26.9 Å². The van der Waals surface area contributed by atoms with Crippen LogP contribution < -0.4 is 10.1 Å². The molecule has 110 valence electrons. The first kappa shape index (κ1) is 14.7. The summed E-state index contributed by atoms with van der Waals surface area (Å²) in [6.07, 6.45) is 0.892. The lowest BCUT2D eigenvalue weighted by Gasteiger charge is -2.32. The molecule has 1 amide bonds. The third-order valence-corrected chi connectivity index (χ3v) is 3.42. The van der Waals surface area contributed by atoms with Gasteiger partial charge in [-0.3, -0.25) is 4.79 Å². The molecule has 6 heteroatoms. The van der Waals surface area contributed by atoms with Gasteiger partial charge in [0.1, 0.15) is 17.1 Å². The van der Waals surface area contributed by atoms with Crippen molar-refractivity contribution in [1.29, 1.82) is 0 Å². The van der Waals surface area contributed by atoms with E-state index >= 15 is 0 Å². The summed E-state index contributed by atoms with van der Waals surface area (Å²) in [6, 6.07) is 4.18. The monoisotopic (exact) mass is 283 g/mol. The number of nitrogens with one attached hydrogen (secondary N) is 1. The maximum Gasteiger partial charge on any atom is 0.258 e. The van der Waals surface area contributed by atoms with Gasteiger partial charge in [0, 0.05) is 32.6 Å². The second-order valence-corrected chi connectivity index (χ2v) is 4.84. The number of halogens is 1. The van der Waals surface area contributed by atoms with Crippen LogP contribution in [0.25, 0.3) is 0 Å². The summed E-state index contributed by atoms with van der Waals surface area (Å²) < 4.78 is 23.9. The second-order valence-electron chi connectivity index (χ2n) is 4.84. The van der Waals surface area contributed by atoms with Crippen LogP contribution in [0.1, 0.15) is 23.2 Å². The van der Waals surface area contributed by atoms with Gasteiger partial charge in [-0.2, -0.15) is 0 Å². The van der Waals surface area contributed by atoms with E-state index in [1.54, 1.807) is 0 Å². The van der Waals surface area contributed by atoms with Gasteiger partial charge in [-0.15, -0.1) is 0 Å². The summed E-state index contributed by atoms with van der Waals surface area (Å²) in [5.41, 5.74) is -1.14. The van der Waals surface area contributed by atoms with Crippen LogP contribution in [-0.4, -0.2) is 43.5 Å².